The van der Waals surface area contributed by atoms with Crippen LogP contribution in [0.3, 0.4) is 0 Å². The van der Waals surface area contributed by atoms with E-state index >= 15 is 0 Å². The van der Waals surface area contributed by atoms with Crippen LogP contribution in [-0.4, -0.2) is 18.4 Å². The molecule has 0 aliphatic carbocycles. The first-order valence-electron chi connectivity index (χ1n) is 6.63. The van der Waals surface area contributed by atoms with Gasteiger partial charge in [-0.05, 0) is 37.3 Å². The lowest BCUT2D eigenvalue weighted by molar-refractivity contribution is 0.486. The summed E-state index contributed by atoms with van der Waals surface area (Å²) in [6.07, 6.45) is 1.09. The van der Waals surface area contributed by atoms with Crippen LogP contribution in [0.25, 0.3) is 10.6 Å². The number of rotatable bonds is 4. The fraction of sp³-hybridized carbons (Fsp3) is 0.0667. The molecule has 2 heterocycles. The average molecular weight is 401 g/mol. The molecule has 0 saturated carbocycles. The van der Waals surface area contributed by atoms with E-state index in [2.05, 4.69) is 9.97 Å². The molecule has 0 aliphatic heterocycles. The molecule has 0 N–H and O–H groups in total. The Morgan fingerprint density at radius 1 is 1.17 bits per heavy atom. The van der Waals surface area contributed by atoms with Crippen LogP contribution in [-0.2, 0) is 10.1 Å². The van der Waals surface area contributed by atoms with Crippen molar-refractivity contribution in [2.45, 2.75) is 11.8 Å². The molecule has 0 unspecified atom stereocenters. The maximum atomic E-state index is 12.2. The van der Waals surface area contributed by atoms with Gasteiger partial charge in [-0.3, -0.25) is 0 Å². The molecular weight excluding hydrogens is 391 g/mol. The summed E-state index contributed by atoms with van der Waals surface area (Å²) in [6.45, 7) is 1.91. The van der Waals surface area contributed by atoms with Crippen LogP contribution in [0.5, 0.6) is 5.75 Å². The molecule has 5 nitrogen and oxygen atoms in total. The summed E-state index contributed by atoms with van der Waals surface area (Å²) in [6, 6.07) is 7.81. The summed E-state index contributed by atoms with van der Waals surface area (Å²) < 4.78 is 29.6. The van der Waals surface area contributed by atoms with Crippen molar-refractivity contribution < 1.29 is 12.6 Å². The van der Waals surface area contributed by atoms with Crippen molar-refractivity contribution in [1.29, 1.82) is 0 Å². The summed E-state index contributed by atoms with van der Waals surface area (Å²) in [5.41, 5.74) is 1.82. The average Bonchev–Trinajstić information content (AvgIpc) is 2.97. The zero-order chi connectivity index (χ0) is 17.3. The minimum absolute atomic E-state index is 0.0266. The number of thiazole rings is 1. The third-order valence-electron chi connectivity index (χ3n) is 2.99. The number of benzene rings is 1. The molecule has 0 radical (unpaired) electrons. The van der Waals surface area contributed by atoms with Gasteiger partial charge in [-0.25, -0.2) is 9.97 Å². The Morgan fingerprint density at radius 3 is 2.46 bits per heavy atom. The topological polar surface area (TPSA) is 69.2 Å². The second kappa shape index (κ2) is 6.68. The molecule has 3 rings (SSSR count). The van der Waals surface area contributed by atoms with Crippen molar-refractivity contribution in [2.75, 3.05) is 0 Å². The van der Waals surface area contributed by atoms with Gasteiger partial charge >= 0.3 is 10.1 Å². The molecular formula is C15H10Cl2N2O3S2. The van der Waals surface area contributed by atoms with E-state index < -0.39 is 10.1 Å². The fourth-order valence-electron chi connectivity index (χ4n) is 1.85. The second-order valence-corrected chi connectivity index (χ2v) is 7.97. The van der Waals surface area contributed by atoms with E-state index in [1.54, 1.807) is 24.3 Å². The Morgan fingerprint density at radius 2 is 1.88 bits per heavy atom. The molecule has 0 fully saturated rings. The smallest absolute Gasteiger partial charge is 0.340 e. The predicted molar refractivity (Wildman–Crippen MR) is 94.4 cm³/mol. The summed E-state index contributed by atoms with van der Waals surface area (Å²) in [4.78, 5) is 7.91. The Bertz CT molecular complexity index is 986. The van der Waals surface area contributed by atoms with Gasteiger partial charge in [0.05, 0.1) is 11.2 Å². The zero-order valence-electron chi connectivity index (χ0n) is 12.2. The number of aryl methyl sites for hydroxylation is 1. The van der Waals surface area contributed by atoms with Crippen molar-refractivity contribution >= 4 is 44.7 Å². The highest BCUT2D eigenvalue weighted by atomic mass is 35.5. The lowest BCUT2D eigenvalue weighted by atomic mass is 10.2. The lowest BCUT2D eigenvalue weighted by Gasteiger charge is -2.07. The van der Waals surface area contributed by atoms with Gasteiger partial charge in [0.25, 0.3) is 0 Å². The number of nitrogens with zero attached hydrogens (tertiary/aromatic N) is 2. The van der Waals surface area contributed by atoms with Gasteiger partial charge < -0.3 is 4.18 Å². The summed E-state index contributed by atoms with van der Waals surface area (Å²) in [5, 5.41) is 2.87. The third-order valence-corrected chi connectivity index (χ3v) is 5.89. The van der Waals surface area contributed by atoms with Gasteiger partial charge in [-0.15, -0.1) is 11.3 Å². The quantitative estimate of drug-likeness (QED) is 0.473. The van der Waals surface area contributed by atoms with Crippen LogP contribution in [0.4, 0.5) is 0 Å². The Hall–Kier alpha value is -1.67. The van der Waals surface area contributed by atoms with Gasteiger partial charge in [0.1, 0.15) is 20.8 Å². The number of halogens is 2. The normalized spacial score (nSPS) is 11.5. The summed E-state index contributed by atoms with van der Waals surface area (Å²) >= 11 is 13.0. The van der Waals surface area contributed by atoms with Gasteiger partial charge in [0.15, 0.2) is 0 Å². The highest BCUT2D eigenvalue weighted by molar-refractivity contribution is 7.87. The van der Waals surface area contributed by atoms with Crippen LogP contribution in [0.1, 0.15) is 5.69 Å². The molecule has 0 bridgehead atoms. The molecule has 9 heteroatoms. The van der Waals surface area contributed by atoms with E-state index in [9.17, 15) is 8.42 Å². The van der Waals surface area contributed by atoms with E-state index in [1.165, 1.54) is 17.4 Å². The molecule has 0 aliphatic rings. The Kier molecular flexibility index (Phi) is 4.78. The summed E-state index contributed by atoms with van der Waals surface area (Å²) in [7, 11) is -4.04. The highest BCUT2D eigenvalue weighted by Gasteiger charge is 2.19. The van der Waals surface area contributed by atoms with Crippen molar-refractivity contribution in [2.24, 2.45) is 0 Å². The standard InChI is InChI=1S/C15H10Cl2N2O3S2/c1-9-8-23-15(19-9)10-2-4-11(5-3-10)22-24(20,21)12-6-13(16)14(17)18-7-12/h2-8H,1H3. The van der Waals surface area contributed by atoms with E-state index in [0.717, 1.165) is 22.5 Å². The van der Waals surface area contributed by atoms with Crippen LogP contribution in [0.15, 0.2) is 46.8 Å². The number of pyridine rings is 1. The van der Waals surface area contributed by atoms with Crippen LogP contribution in [0.2, 0.25) is 10.2 Å². The first-order valence-corrected chi connectivity index (χ1v) is 9.67. The predicted octanol–water partition coefficient (Wildman–Crippen LogP) is 4.59. The SMILES string of the molecule is Cc1csc(-c2ccc(OS(=O)(=O)c3cnc(Cl)c(Cl)c3)cc2)n1. The van der Waals surface area contributed by atoms with E-state index in [-0.39, 0.29) is 20.8 Å². The highest BCUT2D eigenvalue weighted by Crippen LogP contribution is 2.28. The first-order chi connectivity index (χ1) is 11.3. The minimum Gasteiger partial charge on any atom is -0.379 e. The maximum Gasteiger partial charge on any atom is 0.340 e. The van der Waals surface area contributed by atoms with Crippen molar-refractivity contribution in [3.63, 3.8) is 0 Å². The van der Waals surface area contributed by atoms with Crippen LogP contribution in [0, 0.1) is 6.92 Å². The molecule has 0 saturated heterocycles. The molecule has 24 heavy (non-hydrogen) atoms. The largest absolute Gasteiger partial charge is 0.379 e. The fourth-order valence-corrected chi connectivity index (χ4v) is 3.90. The second-order valence-electron chi connectivity index (χ2n) is 4.80. The monoisotopic (exact) mass is 400 g/mol. The van der Waals surface area contributed by atoms with E-state index in [0.29, 0.717) is 0 Å². The number of aromatic nitrogens is 2. The molecule has 3 aromatic rings. The molecule has 0 atom stereocenters. The van der Waals surface area contributed by atoms with Crippen molar-refractivity contribution in [3.8, 4) is 16.3 Å². The molecule has 1 aromatic carbocycles. The molecule has 0 spiro atoms. The van der Waals surface area contributed by atoms with Gasteiger partial charge in [0.2, 0.25) is 0 Å². The van der Waals surface area contributed by atoms with Crippen LogP contribution < -0.4 is 4.18 Å². The third kappa shape index (κ3) is 3.70. The van der Waals surface area contributed by atoms with Crippen molar-refractivity contribution in [1.82, 2.24) is 9.97 Å². The molecule has 124 valence electrons. The van der Waals surface area contributed by atoms with E-state index in [4.69, 9.17) is 27.4 Å². The molecule has 2 aromatic heterocycles. The van der Waals surface area contributed by atoms with Gasteiger partial charge in [-0.1, -0.05) is 23.2 Å². The van der Waals surface area contributed by atoms with Gasteiger partial charge in [0, 0.05) is 16.6 Å². The maximum absolute atomic E-state index is 12.2. The first kappa shape index (κ1) is 17.2. The Labute approximate surface area is 153 Å². The van der Waals surface area contributed by atoms with Crippen LogP contribution >= 0.6 is 34.5 Å². The summed E-state index contributed by atoms with van der Waals surface area (Å²) in [5.74, 6) is 0.179. The van der Waals surface area contributed by atoms with Crippen molar-refractivity contribution in [3.05, 3.63) is 57.8 Å². The zero-order valence-corrected chi connectivity index (χ0v) is 15.4. The number of hydrogen-bond acceptors (Lipinski definition) is 6. The minimum atomic E-state index is -4.04. The number of hydrogen-bond donors (Lipinski definition) is 0. The van der Waals surface area contributed by atoms with E-state index in [1.807, 2.05) is 12.3 Å². The van der Waals surface area contributed by atoms with Gasteiger partial charge in [-0.2, -0.15) is 8.42 Å². The molecule has 0 amide bonds. The Balaban J connectivity index is 1.83. The lowest BCUT2D eigenvalue weighted by Crippen LogP contribution is -2.10.